The van der Waals surface area contributed by atoms with Gasteiger partial charge in [0.25, 0.3) is 0 Å². The summed E-state index contributed by atoms with van der Waals surface area (Å²) in [7, 11) is 1.95. The third kappa shape index (κ3) is 5.88. The molecule has 1 saturated heterocycles. The Morgan fingerprint density at radius 2 is 1.74 bits per heavy atom. The van der Waals surface area contributed by atoms with Crippen molar-refractivity contribution in [2.24, 2.45) is 7.05 Å². The average Bonchev–Trinajstić information content (AvgIpc) is 3.33. The summed E-state index contributed by atoms with van der Waals surface area (Å²) in [6.45, 7) is 9.30. The Hall–Kier alpha value is -4.93. The van der Waals surface area contributed by atoms with E-state index in [1.54, 1.807) is 23.4 Å². The maximum Gasteiger partial charge on any atom is 0.410 e. The number of aryl methyl sites for hydroxylation is 2. The van der Waals surface area contributed by atoms with E-state index in [0.29, 0.717) is 60.1 Å². The van der Waals surface area contributed by atoms with Crippen LogP contribution in [0.4, 0.5) is 26.4 Å². The van der Waals surface area contributed by atoms with Crippen molar-refractivity contribution in [3.63, 3.8) is 0 Å². The monoisotopic (exact) mass is 583 g/mol. The van der Waals surface area contributed by atoms with Crippen LogP contribution in [0.25, 0.3) is 21.9 Å². The summed E-state index contributed by atoms with van der Waals surface area (Å²) in [5, 5.41) is 3.58. The predicted molar refractivity (Wildman–Crippen MR) is 165 cm³/mol. The van der Waals surface area contributed by atoms with E-state index < -0.39 is 11.4 Å². The van der Waals surface area contributed by atoms with Crippen molar-refractivity contribution in [2.45, 2.75) is 33.3 Å². The number of anilines is 3. The first kappa shape index (κ1) is 28.2. The molecule has 1 aliphatic rings. The number of fused-ring (bicyclic) bond motifs is 2. The molecule has 11 heteroatoms. The van der Waals surface area contributed by atoms with E-state index in [1.807, 2.05) is 80.6 Å². The fourth-order valence-corrected chi connectivity index (χ4v) is 5.18. The lowest BCUT2D eigenvalue weighted by Crippen LogP contribution is -2.50. The Bertz CT molecular complexity index is 1820. The molecule has 1 fully saturated rings. The fraction of sp³-hybridized carbons (Fsp3) is 0.312. The van der Waals surface area contributed by atoms with Gasteiger partial charge in [-0.15, -0.1) is 0 Å². The van der Waals surface area contributed by atoms with Gasteiger partial charge < -0.3 is 29.2 Å². The summed E-state index contributed by atoms with van der Waals surface area (Å²) in [6.07, 6.45) is 2.84. The summed E-state index contributed by atoms with van der Waals surface area (Å²) < 4.78 is 29.7. The Morgan fingerprint density at radius 1 is 0.953 bits per heavy atom. The molecule has 10 nitrogen and oxygen atoms in total. The Kier molecular flexibility index (Phi) is 7.25. The van der Waals surface area contributed by atoms with Crippen LogP contribution in [0.1, 0.15) is 26.3 Å². The van der Waals surface area contributed by atoms with Gasteiger partial charge in [-0.3, -0.25) is 0 Å². The first-order valence-electron chi connectivity index (χ1n) is 14.2. The van der Waals surface area contributed by atoms with Crippen molar-refractivity contribution in [1.82, 2.24) is 24.4 Å². The van der Waals surface area contributed by atoms with Crippen molar-refractivity contribution >= 4 is 45.2 Å². The number of piperazine rings is 1. The fourth-order valence-electron chi connectivity index (χ4n) is 5.18. The molecule has 0 radical (unpaired) electrons. The van der Waals surface area contributed by atoms with Gasteiger partial charge in [0.1, 0.15) is 29.2 Å². The molecule has 222 valence electrons. The van der Waals surface area contributed by atoms with Crippen LogP contribution in [0.2, 0.25) is 0 Å². The van der Waals surface area contributed by atoms with Gasteiger partial charge in [-0.25, -0.2) is 24.1 Å². The van der Waals surface area contributed by atoms with Gasteiger partial charge in [0, 0.05) is 45.0 Å². The number of amides is 1. The van der Waals surface area contributed by atoms with Gasteiger partial charge in [0.2, 0.25) is 0 Å². The van der Waals surface area contributed by atoms with Gasteiger partial charge in [-0.2, -0.15) is 0 Å². The van der Waals surface area contributed by atoms with Crippen molar-refractivity contribution in [1.29, 1.82) is 0 Å². The molecular formula is C32H34FN7O3. The van der Waals surface area contributed by atoms with Crippen LogP contribution in [-0.4, -0.2) is 62.3 Å². The number of hydrogen-bond donors (Lipinski definition) is 1. The number of imidazole rings is 1. The summed E-state index contributed by atoms with van der Waals surface area (Å²) in [5.41, 5.74) is 3.89. The normalized spacial score (nSPS) is 13.9. The number of benzene rings is 3. The van der Waals surface area contributed by atoms with E-state index >= 15 is 4.39 Å². The van der Waals surface area contributed by atoms with Crippen LogP contribution in [-0.2, 0) is 11.8 Å². The number of nitrogens with one attached hydrogen (secondary N) is 1. The van der Waals surface area contributed by atoms with Crippen LogP contribution in [0.3, 0.4) is 0 Å². The van der Waals surface area contributed by atoms with E-state index in [4.69, 9.17) is 9.47 Å². The first-order chi connectivity index (χ1) is 20.6. The lowest BCUT2D eigenvalue weighted by molar-refractivity contribution is 0.0240. The molecule has 0 spiro atoms. The zero-order valence-electron chi connectivity index (χ0n) is 24.9. The van der Waals surface area contributed by atoms with E-state index in [-0.39, 0.29) is 6.09 Å². The molecule has 43 heavy (non-hydrogen) atoms. The SMILES string of the molecule is Cc1cc(Nc2ncnc3ccc(N4CCN(C(=O)OC(C)(C)C)CC4)c(F)c23)ccc1Oc1ccc2c(c1)ncn2C. The molecule has 0 bridgehead atoms. The number of carbonyl (C=O) groups is 1. The van der Waals surface area contributed by atoms with Crippen LogP contribution in [0, 0.1) is 12.7 Å². The number of nitrogens with zero attached hydrogens (tertiary/aromatic N) is 6. The van der Waals surface area contributed by atoms with E-state index in [0.717, 1.165) is 22.3 Å². The molecule has 0 atom stereocenters. The predicted octanol–water partition coefficient (Wildman–Crippen LogP) is 6.56. The summed E-state index contributed by atoms with van der Waals surface area (Å²) in [6, 6.07) is 15.0. The van der Waals surface area contributed by atoms with Crippen LogP contribution in [0.15, 0.2) is 61.2 Å². The number of carbonyl (C=O) groups excluding carboxylic acids is 1. The van der Waals surface area contributed by atoms with E-state index in [9.17, 15) is 4.79 Å². The van der Waals surface area contributed by atoms with Crippen molar-refractivity contribution in [3.05, 3.63) is 72.6 Å². The molecule has 0 saturated carbocycles. The minimum Gasteiger partial charge on any atom is -0.457 e. The minimum atomic E-state index is -0.567. The molecule has 3 heterocycles. The standard InChI is InChI=1S/C32H34FN7O3/c1-20-16-21(6-11-27(20)42-22-7-9-25-24(17-22)36-19-38(25)5)37-30-28-23(34-18-35-30)8-10-26(29(28)33)39-12-14-40(15-13-39)31(41)43-32(2,3)4/h6-11,16-19H,12-15H2,1-5H3,(H,34,35,37). The lowest BCUT2D eigenvalue weighted by atomic mass is 10.1. The largest absolute Gasteiger partial charge is 0.457 e. The maximum atomic E-state index is 16.1. The first-order valence-corrected chi connectivity index (χ1v) is 14.2. The maximum absolute atomic E-state index is 16.1. The number of ether oxygens (including phenoxy) is 2. The molecular weight excluding hydrogens is 549 g/mol. The number of halogens is 1. The Labute approximate surface area is 249 Å². The van der Waals surface area contributed by atoms with Gasteiger partial charge in [-0.05, 0) is 75.7 Å². The molecule has 3 aromatic carbocycles. The molecule has 6 rings (SSSR count). The Morgan fingerprint density at radius 3 is 2.49 bits per heavy atom. The van der Waals surface area contributed by atoms with Crippen molar-refractivity contribution < 1.29 is 18.7 Å². The highest BCUT2D eigenvalue weighted by atomic mass is 19.1. The smallest absolute Gasteiger partial charge is 0.410 e. The zero-order valence-corrected chi connectivity index (χ0v) is 24.9. The zero-order chi connectivity index (χ0) is 30.3. The van der Waals surface area contributed by atoms with Crippen LogP contribution < -0.4 is 15.0 Å². The second-order valence-electron chi connectivity index (χ2n) is 11.7. The number of rotatable bonds is 5. The molecule has 5 aromatic rings. The molecule has 1 N–H and O–H groups in total. The minimum absolute atomic E-state index is 0.302. The van der Waals surface area contributed by atoms with Crippen molar-refractivity contribution in [2.75, 3.05) is 36.4 Å². The molecule has 2 aromatic heterocycles. The number of hydrogen-bond acceptors (Lipinski definition) is 8. The molecule has 1 aliphatic heterocycles. The average molecular weight is 584 g/mol. The molecule has 1 amide bonds. The van der Waals surface area contributed by atoms with Crippen molar-refractivity contribution in [3.8, 4) is 11.5 Å². The van der Waals surface area contributed by atoms with Gasteiger partial charge >= 0.3 is 6.09 Å². The Balaban J connectivity index is 1.20. The van der Waals surface area contributed by atoms with Crippen LogP contribution in [0.5, 0.6) is 11.5 Å². The quantitative estimate of drug-likeness (QED) is 0.249. The second-order valence-corrected chi connectivity index (χ2v) is 11.7. The summed E-state index contributed by atoms with van der Waals surface area (Å²) >= 11 is 0. The highest BCUT2D eigenvalue weighted by Crippen LogP contribution is 2.34. The molecule has 0 unspecified atom stereocenters. The highest BCUT2D eigenvalue weighted by Gasteiger charge is 2.27. The summed E-state index contributed by atoms with van der Waals surface area (Å²) in [5.74, 6) is 1.35. The highest BCUT2D eigenvalue weighted by molar-refractivity contribution is 5.94. The molecule has 0 aliphatic carbocycles. The topological polar surface area (TPSA) is 97.6 Å². The lowest BCUT2D eigenvalue weighted by Gasteiger charge is -2.37. The van der Waals surface area contributed by atoms with E-state index in [1.165, 1.54) is 6.33 Å². The summed E-state index contributed by atoms with van der Waals surface area (Å²) in [4.78, 5) is 29.1. The third-order valence-corrected chi connectivity index (χ3v) is 7.35. The van der Waals surface area contributed by atoms with Gasteiger partial charge in [0.15, 0.2) is 5.82 Å². The van der Waals surface area contributed by atoms with Crippen LogP contribution >= 0.6 is 0 Å². The second kappa shape index (κ2) is 11.0. The van der Waals surface area contributed by atoms with E-state index in [2.05, 4.69) is 20.3 Å². The van der Waals surface area contributed by atoms with Gasteiger partial charge in [0.05, 0.1) is 34.0 Å². The number of aromatic nitrogens is 4. The third-order valence-electron chi connectivity index (χ3n) is 7.35. The van der Waals surface area contributed by atoms with Gasteiger partial charge in [-0.1, -0.05) is 0 Å².